The van der Waals surface area contributed by atoms with Crippen LogP contribution in [-0.4, -0.2) is 11.5 Å². The van der Waals surface area contributed by atoms with Gasteiger partial charge in [0.1, 0.15) is 11.6 Å². The van der Waals surface area contributed by atoms with Gasteiger partial charge in [-0.1, -0.05) is 30.7 Å². The fourth-order valence-electron chi connectivity index (χ4n) is 2.16. The van der Waals surface area contributed by atoms with Gasteiger partial charge in [0.2, 0.25) is 0 Å². The van der Waals surface area contributed by atoms with Crippen molar-refractivity contribution >= 4 is 11.6 Å². The number of hydrogen-bond acceptors (Lipinski definition) is 2. The lowest BCUT2D eigenvalue weighted by Gasteiger charge is -2.19. The van der Waals surface area contributed by atoms with E-state index in [0.29, 0.717) is 24.2 Å². The Balaban J connectivity index is 2.28. The summed E-state index contributed by atoms with van der Waals surface area (Å²) in [6.45, 7) is 2.71. The van der Waals surface area contributed by atoms with E-state index in [0.717, 1.165) is 6.42 Å². The molecule has 0 spiro atoms. The molecule has 112 valence electrons. The highest BCUT2D eigenvalue weighted by Crippen LogP contribution is 2.24. The monoisotopic (exact) mass is 310 g/mol. The van der Waals surface area contributed by atoms with E-state index in [1.807, 2.05) is 6.92 Å². The summed E-state index contributed by atoms with van der Waals surface area (Å²) in [6.07, 6.45) is 2.72. The molecule has 0 bridgehead atoms. The number of benzene rings is 1. The first-order valence-electron chi connectivity index (χ1n) is 6.90. The van der Waals surface area contributed by atoms with Gasteiger partial charge in [-0.3, -0.25) is 4.98 Å². The molecule has 2 nitrogen and oxygen atoms in total. The average molecular weight is 311 g/mol. The van der Waals surface area contributed by atoms with Gasteiger partial charge in [0.05, 0.1) is 16.8 Å². The summed E-state index contributed by atoms with van der Waals surface area (Å²) >= 11 is 5.79. The Morgan fingerprint density at radius 1 is 1.24 bits per heavy atom. The lowest BCUT2D eigenvalue weighted by atomic mass is 10.0. The van der Waals surface area contributed by atoms with Crippen LogP contribution in [-0.2, 0) is 6.42 Å². The Bertz CT molecular complexity index is 605. The largest absolute Gasteiger partial charge is 0.308 e. The van der Waals surface area contributed by atoms with E-state index in [1.165, 1.54) is 24.4 Å². The van der Waals surface area contributed by atoms with Crippen molar-refractivity contribution in [3.63, 3.8) is 0 Å². The third-order valence-electron chi connectivity index (χ3n) is 3.21. The summed E-state index contributed by atoms with van der Waals surface area (Å²) in [4.78, 5) is 4.09. The number of pyridine rings is 1. The van der Waals surface area contributed by atoms with Gasteiger partial charge < -0.3 is 5.32 Å². The molecule has 0 aliphatic heterocycles. The van der Waals surface area contributed by atoms with Gasteiger partial charge >= 0.3 is 0 Å². The predicted octanol–water partition coefficient (Wildman–Crippen LogP) is 4.30. The molecule has 1 heterocycles. The average Bonchev–Trinajstić information content (AvgIpc) is 2.48. The topological polar surface area (TPSA) is 24.9 Å². The second kappa shape index (κ2) is 7.48. The van der Waals surface area contributed by atoms with E-state index in [4.69, 9.17) is 11.6 Å². The normalized spacial score (nSPS) is 12.4. The lowest BCUT2D eigenvalue weighted by Crippen LogP contribution is -2.26. The molecule has 0 fully saturated rings. The highest BCUT2D eigenvalue weighted by atomic mass is 35.5. The summed E-state index contributed by atoms with van der Waals surface area (Å²) < 4.78 is 28.0. The lowest BCUT2D eigenvalue weighted by molar-refractivity contribution is 0.474. The maximum atomic E-state index is 14.0. The molecule has 1 aromatic heterocycles. The molecule has 1 atom stereocenters. The molecule has 2 aromatic rings. The minimum Gasteiger partial charge on any atom is -0.308 e. The van der Waals surface area contributed by atoms with Crippen LogP contribution in [0.1, 0.15) is 30.6 Å². The van der Waals surface area contributed by atoms with Crippen LogP contribution >= 0.6 is 11.6 Å². The van der Waals surface area contributed by atoms with Gasteiger partial charge in [-0.05, 0) is 43.1 Å². The van der Waals surface area contributed by atoms with E-state index in [-0.39, 0.29) is 11.1 Å². The van der Waals surface area contributed by atoms with Gasteiger partial charge in [-0.25, -0.2) is 8.78 Å². The van der Waals surface area contributed by atoms with Crippen molar-refractivity contribution in [2.24, 2.45) is 0 Å². The number of rotatable bonds is 6. The van der Waals surface area contributed by atoms with Gasteiger partial charge in [-0.2, -0.15) is 0 Å². The molecule has 1 unspecified atom stereocenters. The second-order valence-corrected chi connectivity index (χ2v) is 5.20. The summed E-state index contributed by atoms with van der Waals surface area (Å²) in [5.41, 5.74) is 0.742. The molecular weight excluding hydrogens is 294 g/mol. The third kappa shape index (κ3) is 3.99. The van der Waals surface area contributed by atoms with Crippen molar-refractivity contribution in [2.75, 3.05) is 6.54 Å². The zero-order valence-corrected chi connectivity index (χ0v) is 12.5. The van der Waals surface area contributed by atoms with Crippen LogP contribution in [0.2, 0.25) is 5.02 Å². The van der Waals surface area contributed by atoms with Crippen molar-refractivity contribution in [2.45, 2.75) is 25.8 Å². The first-order chi connectivity index (χ1) is 10.1. The van der Waals surface area contributed by atoms with Crippen LogP contribution < -0.4 is 5.32 Å². The van der Waals surface area contributed by atoms with Crippen LogP contribution in [0.4, 0.5) is 8.78 Å². The molecule has 0 saturated heterocycles. The SMILES string of the molecule is CCCNC(Cc1cccc(Cl)c1F)c1ncccc1F. The molecule has 0 amide bonds. The molecule has 1 N–H and O–H groups in total. The van der Waals surface area contributed by atoms with Crippen LogP contribution in [0, 0.1) is 11.6 Å². The fraction of sp³-hybridized carbons (Fsp3) is 0.312. The quantitative estimate of drug-likeness (QED) is 0.860. The Morgan fingerprint density at radius 3 is 2.76 bits per heavy atom. The molecule has 21 heavy (non-hydrogen) atoms. The second-order valence-electron chi connectivity index (χ2n) is 4.79. The summed E-state index contributed by atoms with van der Waals surface area (Å²) in [5, 5.41) is 3.28. The Kier molecular flexibility index (Phi) is 5.65. The molecular formula is C16H17ClF2N2. The number of hydrogen-bond donors (Lipinski definition) is 1. The van der Waals surface area contributed by atoms with Gasteiger partial charge in [0.25, 0.3) is 0 Å². The molecule has 2 rings (SSSR count). The van der Waals surface area contributed by atoms with Crippen molar-refractivity contribution in [3.8, 4) is 0 Å². The summed E-state index contributed by atoms with van der Waals surface area (Å²) in [6, 6.07) is 7.34. The highest BCUT2D eigenvalue weighted by Gasteiger charge is 2.19. The third-order valence-corrected chi connectivity index (χ3v) is 3.51. The van der Waals surface area contributed by atoms with Gasteiger partial charge in [-0.15, -0.1) is 0 Å². The maximum Gasteiger partial charge on any atom is 0.146 e. The van der Waals surface area contributed by atoms with E-state index < -0.39 is 11.6 Å². The van der Waals surface area contributed by atoms with Crippen molar-refractivity contribution < 1.29 is 8.78 Å². The molecule has 5 heteroatoms. The number of aromatic nitrogens is 1. The minimum absolute atomic E-state index is 0.0724. The van der Waals surface area contributed by atoms with E-state index in [9.17, 15) is 8.78 Å². The zero-order chi connectivity index (χ0) is 15.2. The van der Waals surface area contributed by atoms with Crippen molar-refractivity contribution in [3.05, 3.63) is 64.4 Å². The van der Waals surface area contributed by atoms with Crippen LogP contribution in [0.3, 0.4) is 0 Å². The first kappa shape index (κ1) is 15.9. The predicted molar refractivity (Wildman–Crippen MR) is 80.3 cm³/mol. The van der Waals surface area contributed by atoms with Gasteiger partial charge in [0.15, 0.2) is 0 Å². The molecule has 0 aliphatic rings. The van der Waals surface area contributed by atoms with E-state index in [2.05, 4.69) is 10.3 Å². The smallest absolute Gasteiger partial charge is 0.146 e. The minimum atomic E-state index is -0.459. The van der Waals surface area contributed by atoms with Crippen LogP contribution in [0.5, 0.6) is 0 Å². The van der Waals surface area contributed by atoms with Crippen molar-refractivity contribution in [1.82, 2.24) is 10.3 Å². The summed E-state index contributed by atoms with van der Waals surface area (Å²) in [5.74, 6) is -0.854. The first-order valence-corrected chi connectivity index (χ1v) is 7.28. The van der Waals surface area contributed by atoms with Crippen LogP contribution in [0.15, 0.2) is 36.5 Å². The Morgan fingerprint density at radius 2 is 2.05 bits per heavy atom. The van der Waals surface area contributed by atoms with Crippen LogP contribution in [0.25, 0.3) is 0 Å². The molecule has 0 aliphatic carbocycles. The van der Waals surface area contributed by atoms with E-state index >= 15 is 0 Å². The standard InChI is InChI=1S/C16H17ClF2N2/c1-2-8-20-14(16-13(18)7-4-9-21-16)10-11-5-3-6-12(17)15(11)19/h3-7,9,14,20H,2,8,10H2,1H3. The molecule has 1 aromatic carbocycles. The van der Waals surface area contributed by atoms with Gasteiger partial charge in [0, 0.05) is 6.20 Å². The number of halogens is 3. The highest BCUT2D eigenvalue weighted by molar-refractivity contribution is 6.30. The number of nitrogens with zero attached hydrogens (tertiary/aromatic N) is 1. The number of nitrogens with one attached hydrogen (secondary N) is 1. The van der Waals surface area contributed by atoms with Crippen molar-refractivity contribution in [1.29, 1.82) is 0 Å². The zero-order valence-electron chi connectivity index (χ0n) is 11.7. The fourth-order valence-corrected chi connectivity index (χ4v) is 2.36. The molecule has 0 saturated carbocycles. The van der Waals surface area contributed by atoms with E-state index in [1.54, 1.807) is 12.1 Å². The maximum absolute atomic E-state index is 14.0. The summed E-state index contributed by atoms with van der Waals surface area (Å²) in [7, 11) is 0. The Labute approximate surface area is 128 Å². The molecule has 0 radical (unpaired) electrons. The Hall–Kier alpha value is -1.52.